The molecule has 0 bridgehead atoms. The molecule has 1 spiro atoms. The third-order valence-electron chi connectivity index (χ3n) is 4.23. The van der Waals surface area contributed by atoms with Crippen LogP contribution in [-0.2, 0) is 4.74 Å². The summed E-state index contributed by atoms with van der Waals surface area (Å²) in [6.07, 6.45) is 8.39. The predicted molar refractivity (Wildman–Crippen MR) is 83.9 cm³/mol. The van der Waals surface area contributed by atoms with Gasteiger partial charge in [0.25, 0.3) is 0 Å². The molecule has 2 saturated heterocycles. The Morgan fingerprint density at radius 1 is 1.44 bits per heavy atom. The van der Waals surface area contributed by atoms with Crippen LogP contribution < -0.4 is 5.32 Å². The number of thioether (sulfide) groups is 2. The molecule has 2 atom stereocenters. The van der Waals surface area contributed by atoms with E-state index in [0.717, 1.165) is 6.61 Å². The third-order valence-corrected chi connectivity index (χ3v) is 5.95. The highest BCUT2D eigenvalue weighted by Gasteiger charge is 2.38. The summed E-state index contributed by atoms with van der Waals surface area (Å²) < 4.78 is 6.15. The molecule has 2 fully saturated rings. The fourth-order valence-electron chi connectivity index (χ4n) is 3.08. The molecule has 0 aromatic heterocycles. The number of hydrogen-bond acceptors (Lipinski definition) is 4. The van der Waals surface area contributed by atoms with Crippen molar-refractivity contribution < 1.29 is 4.74 Å². The minimum absolute atomic E-state index is 0.221. The standard InChI is InChI=1S/C14H27NOS2/c1-3-12(11-17-2)15-13-4-7-16-14(10-13)5-8-18-9-6-14/h12-13,15H,3-11H2,1-2H3. The molecule has 2 heterocycles. The lowest BCUT2D eigenvalue weighted by atomic mass is 9.85. The lowest BCUT2D eigenvalue weighted by Gasteiger charge is -2.44. The van der Waals surface area contributed by atoms with E-state index in [1.165, 1.54) is 49.4 Å². The SMILES string of the molecule is CCC(CSC)NC1CCOC2(CCSCC2)C1. The van der Waals surface area contributed by atoms with Gasteiger partial charge in [-0.1, -0.05) is 6.92 Å². The molecule has 1 N–H and O–H groups in total. The number of nitrogens with one attached hydrogen (secondary N) is 1. The molecule has 2 nitrogen and oxygen atoms in total. The first-order valence-electron chi connectivity index (χ1n) is 7.25. The molecule has 106 valence electrons. The first-order valence-corrected chi connectivity index (χ1v) is 9.79. The van der Waals surface area contributed by atoms with Gasteiger partial charge in [-0.05, 0) is 49.9 Å². The summed E-state index contributed by atoms with van der Waals surface area (Å²) >= 11 is 4.04. The second-order valence-corrected chi connectivity index (χ2v) is 7.70. The zero-order valence-corrected chi connectivity index (χ0v) is 13.4. The van der Waals surface area contributed by atoms with Crippen molar-refractivity contribution in [1.29, 1.82) is 0 Å². The van der Waals surface area contributed by atoms with Gasteiger partial charge in [-0.3, -0.25) is 0 Å². The first-order chi connectivity index (χ1) is 8.78. The van der Waals surface area contributed by atoms with Crippen LogP contribution in [0.3, 0.4) is 0 Å². The summed E-state index contributed by atoms with van der Waals surface area (Å²) in [6.45, 7) is 3.25. The molecule has 18 heavy (non-hydrogen) atoms. The van der Waals surface area contributed by atoms with Crippen molar-refractivity contribution in [2.75, 3.05) is 30.1 Å². The van der Waals surface area contributed by atoms with Gasteiger partial charge in [-0.2, -0.15) is 23.5 Å². The van der Waals surface area contributed by atoms with E-state index < -0.39 is 0 Å². The van der Waals surface area contributed by atoms with Crippen molar-refractivity contribution >= 4 is 23.5 Å². The monoisotopic (exact) mass is 289 g/mol. The van der Waals surface area contributed by atoms with Crippen molar-refractivity contribution in [3.63, 3.8) is 0 Å². The lowest BCUT2D eigenvalue weighted by Crippen LogP contribution is -2.51. The molecule has 0 radical (unpaired) electrons. The van der Waals surface area contributed by atoms with Crippen LogP contribution in [0.2, 0.25) is 0 Å². The second-order valence-electron chi connectivity index (χ2n) is 5.56. The summed E-state index contributed by atoms with van der Waals surface area (Å²) in [7, 11) is 0. The average Bonchev–Trinajstić information content (AvgIpc) is 2.39. The summed E-state index contributed by atoms with van der Waals surface area (Å²) in [4.78, 5) is 0. The van der Waals surface area contributed by atoms with Crippen molar-refractivity contribution in [2.24, 2.45) is 0 Å². The van der Waals surface area contributed by atoms with Crippen molar-refractivity contribution in [2.45, 2.75) is 56.7 Å². The zero-order valence-electron chi connectivity index (χ0n) is 11.7. The minimum Gasteiger partial charge on any atom is -0.375 e. The Morgan fingerprint density at radius 3 is 2.89 bits per heavy atom. The van der Waals surface area contributed by atoms with Crippen molar-refractivity contribution in [3.8, 4) is 0 Å². The quantitative estimate of drug-likeness (QED) is 0.839. The largest absolute Gasteiger partial charge is 0.375 e. The van der Waals surface area contributed by atoms with Gasteiger partial charge in [-0.15, -0.1) is 0 Å². The van der Waals surface area contributed by atoms with Gasteiger partial charge in [0.2, 0.25) is 0 Å². The Morgan fingerprint density at radius 2 is 2.22 bits per heavy atom. The Bertz CT molecular complexity index is 238. The van der Waals surface area contributed by atoms with Crippen LogP contribution >= 0.6 is 23.5 Å². The van der Waals surface area contributed by atoms with Gasteiger partial charge >= 0.3 is 0 Å². The summed E-state index contributed by atoms with van der Waals surface area (Å²) in [5, 5.41) is 3.87. The molecule has 0 aromatic carbocycles. The summed E-state index contributed by atoms with van der Waals surface area (Å²) in [6, 6.07) is 1.36. The van der Waals surface area contributed by atoms with E-state index in [1.807, 2.05) is 11.8 Å². The van der Waals surface area contributed by atoms with E-state index in [1.54, 1.807) is 0 Å². The molecule has 0 amide bonds. The fourth-order valence-corrected chi connectivity index (χ4v) is 5.05. The van der Waals surface area contributed by atoms with E-state index >= 15 is 0 Å². The molecule has 2 aliphatic rings. The van der Waals surface area contributed by atoms with E-state index in [-0.39, 0.29) is 5.60 Å². The van der Waals surface area contributed by atoms with Gasteiger partial charge in [0, 0.05) is 24.4 Å². The topological polar surface area (TPSA) is 21.3 Å². The van der Waals surface area contributed by atoms with Gasteiger partial charge in [0.15, 0.2) is 0 Å². The normalized spacial score (nSPS) is 29.3. The Balaban J connectivity index is 1.85. The lowest BCUT2D eigenvalue weighted by molar-refractivity contribution is -0.0940. The molecule has 0 aromatic rings. The zero-order chi connectivity index (χ0) is 12.8. The van der Waals surface area contributed by atoms with Gasteiger partial charge in [-0.25, -0.2) is 0 Å². The molecular weight excluding hydrogens is 262 g/mol. The van der Waals surface area contributed by atoms with E-state index in [9.17, 15) is 0 Å². The maximum absolute atomic E-state index is 6.15. The van der Waals surface area contributed by atoms with Crippen LogP contribution in [0.15, 0.2) is 0 Å². The Hall–Kier alpha value is 0.620. The van der Waals surface area contributed by atoms with Crippen molar-refractivity contribution in [1.82, 2.24) is 5.32 Å². The molecule has 0 saturated carbocycles. The van der Waals surface area contributed by atoms with Crippen LogP contribution in [0.4, 0.5) is 0 Å². The molecular formula is C14H27NOS2. The molecule has 4 heteroatoms. The second kappa shape index (κ2) is 7.41. The van der Waals surface area contributed by atoms with Gasteiger partial charge in [0.05, 0.1) is 5.60 Å². The highest BCUT2D eigenvalue weighted by Crippen LogP contribution is 2.37. The van der Waals surface area contributed by atoms with Crippen LogP contribution in [0, 0.1) is 0 Å². The Labute approximate surface area is 120 Å². The highest BCUT2D eigenvalue weighted by atomic mass is 32.2. The molecule has 2 rings (SSSR count). The highest BCUT2D eigenvalue weighted by molar-refractivity contribution is 7.99. The molecule has 2 aliphatic heterocycles. The molecule has 0 aliphatic carbocycles. The minimum atomic E-state index is 0.221. The Kier molecular flexibility index (Phi) is 6.19. The summed E-state index contributed by atoms with van der Waals surface area (Å²) in [5.74, 6) is 3.81. The number of hydrogen-bond donors (Lipinski definition) is 1. The van der Waals surface area contributed by atoms with E-state index in [0.29, 0.717) is 12.1 Å². The molecule has 2 unspecified atom stereocenters. The van der Waals surface area contributed by atoms with Crippen LogP contribution in [0.5, 0.6) is 0 Å². The van der Waals surface area contributed by atoms with Gasteiger partial charge < -0.3 is 10.1 Å². The van der Waals surface area contributed by atoms with E-state index in [4.69, 9.17) is 4.74 Å². The number of ether oxygens (including phenoxy) is 1. The maximum Gasteiger partial charge on any atom is 0.0713 e. The summed E-state index contributed by atoms with van der Waals surface area (Å²) in [5.41, 5.74) is 0.221. The van der Waals surface area contributed by atoms with Crippen LogP contribution in [-0.4, -0.2) is 47.8 Å². The van der Waals surface area contributed by atoms with Crippen molar-refractivity contribution in [3.05, 3.63) is 0 Å². The predicted octanol–water partition coefficient (Wildman–Crippen LogP) is 3.16. The van der Waals surface area contributed by atoms with Gasteiger partial charge in [0.1, 0.15) is 0 Å². The van der Waals surface area contributed by atoms with E-state index in [2.05, 4.69) is 30.3 Å². The first kappa shape index (κ1) is 15.0. The van der Waals surface area contributed by atoms with Crippen LogP contribution in [0.25, 0.3) is 0 Å². The number of rotatable bonds is 5. The smallest absolute Gasteiger partial charge is 0.0713 e. The van der Waals surface area contributed by atoms with Crippen LogP contribution in [0.1, 0.15) is 39.0 Å². The third kappa shape index (κ3) is 4.06. The fraction of sp³-hybridized carbons (Fsp3) is 1.00. The average molecular weight is 290 g/mol. The maximum atomic E-state index is 6.15.